The van der Waals surface area contributed by atoms with Crippen molar-refractivity contribution in [2.45, 2.75) is 24.3 Å². The summed E-state index contributed by atoms with van der Waals surface area (Å²) in [5, 5.41) is 14.5. The molecule has 0 spiro atoms. The monoisotopic (exact) mass is 447 g/mol. The maximum absolute atomic E-state index is 11.6. The zero-order valence-corrected chi connectivity index (χ0v) is 17.8. The molecule has 0 aliphatic heterocycles. The zero-order chi connectivity index (χ0) is 20.6. The Kier molecular flexibility index (Phi) is 5.30. The Labute approximate surface area is 177 Å². The average Bonchev–Trinajstić information content (AvgIpc) is 3.25. The summed E-state index contributed by atoms with van der Waals surface area (Å²) < 4.78 is 25.0. The van der Waals surface area contributed by atoms with Gasteiger partial charge in [0.1, 0.15) is 0 Å². The number of fused-ring (bicyclic) bond motifs is 1. The molecule has 4 rings (SSSR count). The van der Waals surface area contributed by atoms with Gasteiger partial charge in [-0.1, -0.05) is 54.1 Å². The highest BCUT2D eigenvalue weighted by atomic mass is 35.5. The first-order valence-electron chi connectivity index (χ1n) is 8.85. The number of anilines is 1. The van der Waals surface area contributed by atoms with Gasteiger partial charge < -0.3 is 5.32 Å². The molecule has 0 saturated carbocycles. The predicted octanol–water partition coefficient (Wildman–Crippen LogP) is 4.32. The maximum atomic E-state index is 11.6. The lowest BCUT2D eigenvalue weighted by molar-refractivity contribution is 0.597. The van der Waals surface area contributed by atoms with Gasteiger partial charge in [-0.15, -0.1) is 5.10 Å². The first-order valence-corrected chi connectivity index (χ1v) is 11.6. The summed E-state index contributed by atoms with van der Waals surface area (Å²) >= 11 is 7.37. The summed E-state index contributed by atoms with van der Waals surface area (Å²) in [6.45, 7) is 2.01. The fourth-order valence-electron chi connectivity index (χ4n) is 3.00. The van der Waals surface area contributed by atoms with Gasteiger partial charge >= 0.3 is 0 Å². The third kappa shape index (κ3) is 4.27. The van der Waals surface area contributed by atoms with E-state index in [4.69, 9.17) is 16.7 Å². The van der Waals surface area contributed by atoms with Crippen LogP contribution in [-0.4, -0.2) is 23.0 Å². The van der Waals surface area contributed by atoms with Crippen LogP contribution >= 0.6 is 22.9 Å². The fourth-order valence-corrected chi connectivity index (χ4v) is 4.53. The van der Waals surface area contributed by atoms with Gasteiger partial charge in [0.15, 0.2) is 0 Å². The second-order valence-electron chi connectivity index (χ2n) is 6.49. The Morgan fingerprint density at radius 2 is 2.00 bits per heavy atom. The lowest BCUT2D eigenvalue weighted by Gasteiger charge is -2.17. The molecule has 3 N–H and O–H groups in total. The third-order valence-corrected chi connectivity index (χ3v) is 6.49. The quantitative estimate of drug-likeness (QED) is 0.458. The van der Waals surface area contributed by atoms with E-state index >= 15 is 0 Å². The molecule has 0 fully saturated rings. The zero-order valence-electron chi connectivity index (χ0n) is 15.4. The summed E-state index contributed by atoms with van der Waals surface area (Å²) in [6, 6.07) is 14.0. The minimum absolute atomic E-state index is 0.0943. The average molecular weight is 448 g/mol. The molecule has 1 atom stereocenters. The van der Waals surface area contributed by atoms with E-state index in [9.17, 15) is 8.42 Å². The van der Waals surface area contributed by atoms with Crippen molar-refractivity contribution in [3.05, 3.63) is 65.3 Å². The van der Waals surface area contributed by atoms with E-state index in [2.05, 4.69) is 15.4 Å². The molecule has 0 saturated heterocycles. The smallest absolute Gasteiger partial charge is 0.238 e. The van der Waals surface area contributed by atoms with Crippen LogP contribution in [-0.2, 0) is 10.0 Å². The number of halogens is 1. The number of hydrogen-bond acceptors (Lipinski definition) is 6. The number of aromatic nitrogens is 3. The highest BCUT2D eigenvalue weighted by molar-refractivity contribution is 7.89. The van der Waals surface area contributed by atoms with Crippen LogP contribution in [0.4, 0.5) is 5.13 Å². The van der Waals surface area contributed by atoms with E-state index in [-0.39, 0.29) is 10.9 Å². The summed E-state index contributed by atoms with van der Waals surface area (Å²) in [5.74, 6) is 0. The van der Waals surface area contributed by atoms with E-state index in [0.29, 0.717) is 10.2 Å². The summed E-state index contributed by atoms with van der Waals surface area (Å²) in [4.78, 5) is 5.48. The Morgan fingerprint density at radius 1 is 1.24 bits per heavy atom. The first kappa shape index (κ1) is 19.8. The van der Waals surface area contributed by atoms with E-state index in [1.54, 1.807) is 16.6 Å². The predicted molar refractivity (Wildman–Crippen MR) is 116 cm³/mol. The molecule has 2 heterocycles. The van der Waals surface area contributed by atoms with Crippen LogP contribution in [0.25, 0.3) is 16.2 Å². The lowest BCUT2D eigenvalue weighted by Crippen LogP contribution is -2.14. The van der Waals surface area contributed by atoms with E-state index in [1.807, 2.05) is 43.5 Å². The molecule has 0 aliphatic carbocycles. The van der Waals surface area contributed by atoms with Crippen LogP contribution in [0.2, 0.25) is 5.02 Å². The number of imidazole rings is 1. The second kappa shape index (κ2) is 7.75. The molecule has 2 aromatic heterocycles. The van der Waals surface area contributed by atoms with Crippen molar-refractivity contribution in [2.24, 2.45) is 5.14 Å². The molecule has 10 heteroatoms. The molecular formula is C19H18ClN5O2S2. The Morgan fingerprint density at radius 3 is 2.66 bits per heavy atom. The van der Waals surface area contributed by atoms with Gasteiger partial charge in [-0.2, -0.15) is 0 Å². The van der Waals surface area contributed by atoms with Crippen LogP contribution in [0.5, 0.6) is 0 Å². The molecule has 0 bridgehead atoms. The van der Waals surface area contributed by atoms with Crippen molar-refractivity contribution < 1.29 is 8.42 Å². The van der Waals surface area contributed by atoms with Crippen LogP contribution in [0.1, 0.15) is 24.9 Å². The molecule has 150 valence electrons. The van der Waals surface area contributed by atoms with Crippen molar-refractivity contribution in [2.75, 3.05) is 5.32 Å². The number of primary sulfonamides is 1. The summed E-state index contributed by atoms with van der Waals surface area (Å²) in [7, 11) is -3.75. The minimum Gasteiger partial charge on any atom is -0.353 e. The van der Waals surface area contributed by atoms with Crippen LogP contribution in [0, 0.1) is 0 Å². The molecule has 0 aliphatic rings. The Balaban J connectivity index is 1.58. The maximum Gasteiger partial charge on any atom is 0.238 e. The van der Waals surface area contributed by atoms with Gasteiger partial charge in [-0.3, -0.25) is 0 Å². The van der Waals surface area contributed by atoms with Gasteiger partial charge in [0.25, 0.3) is 0 Å². The van der Waals surface area contributed by atoms with Gasteiger partial charge in [-0.25, -0.2) is 23.1 Å². The molecule has 2 aromatic carbocycles. The van der Waals surface area contributed by atoms with Crippen LogP contribution in [0.15, 0.2) is 59.6 Å². The molecule has 0 radical (unpaired) electrons. The normalized spacial score (nSPS) is 12.9. The second-order valence-corrected chi connectivity index (χ2v) is 9.44. The van der Waals surface area contributed by atoms with Crippen molar-refractivity contribution >= 4 is 43.1 Å². The number of nitrogens with one attached hydrogen (secondary N) is 1. The number of rotatable bonds is 6. The van der Waals surface area contributed by atoms with Gasteiger partial charge in [0.05, 0.1) is 22.8 Å². The molecule has 0 amide bonds. The lowest BCUT2D eigenvalue weighted by atomic mass is 10.1. The number of nitrogens with zero attached hydrogens (tertiary/aromatic N) is 3. The van der Waals surface area contributed by atoms with Crippen molar-refractivity contribution in [3.63, 3.8) is 0 Å². The first-order chi connectivity index (χ1) is 13.8. The number of nitrogens with two attached hydrogens (primary N) is 1. The van der Waals surface area contributed by atoms with E-state index in [1.165, 1.54) is 17.4 Å². The van der Waals surface area contributed by atoms with E-state index < -0.39 is 10.0 Å². The number of benzene rings is 2. The molecule has 29 heavy (non-hydrogen) atoms. The van der Waals surface area contributed by atoms with Crippen molar-refractivity contribution in [1.29, 1.82) is 0 Å². The highest BCUT2D eigenvalue weighted by Crippen LogP contribution is 2.29. The fraction of sp³-hybridized carbons (Fsp3) is 0.158. The van der Waals surface area contributed by atoms with Crippen LogP contribution in [0.3, 0.4) is 0 Å². The third-order valence-electron chi connectivity index (χ3n) is 4.48. The highest BCUT2D eigenvalue weighted by Gasteiger charge is 2.16. The number of sulfonamides is 1. The van der Waals surface area contributed by atoms with Gasteiger partial charge in [0, 0.05) is 10.6 Å². The standard InChI is InChI=1S/C19H18ClN5O2S2/c1-2-16(13-4-3-5-15(10-13)29(21,26)27)22-18-24-25-11-17(23-19(25)28-18)12-6-8-14(20)9-7-12/h3-11,16H,2H2,1H3,(H,22,24)(H2,21,26,27). The number of hydrogen-bond donors (Lipinski definition) is 2. The van der Waals surface area contributed by atoms with Crippen LogP contribution < -0.4 is 10.5 Å². The van der Waals surface area contributed by atoms with E-state index in [0.717, 1.165) is 28.2 Å². The topological polar surface area (TPSA) is 102 Å². The molecule has 7 nitrogen and oxygen atoms in total. The molecule has 4 aromatic rings. The minimum atomic E-state index is -3.75. The Bertz CT molecular complexity index is 1230. The van der Waals surface area contributed by atoms with Gasteiger partial charge in [0.2, 0.25) is 20.1 Å². The van der Waals surface area contributed by atoms with Crippen molar-refractivity contribution in [3.8, 4) is 11.3 Å². The summed E-state index contributed by atoms with van der Waals surface area (Å²) in [6.07, 6.45) is 2.61. The summed E-state index contributed by atoms with van der Waals surface area (Å²) in [5.41, 5.74) is 2.61. The molecular weight excluding hydrogens is 430 g/mol. The molecule has 1 unspecified atom stereocenters. The largest absolute Gasteiger partial charge is 0.353 e. The Hall–Kier alpha value is -2.46. The van der Waals surface area contributed by atoms with Crippen molar-refractivity contribution in [1.82, 2.24) is 14.6 Å². The van der Waals surface area contributed by atoms with Gasteiger partial charge in [-0.05, 0) is 36.2 Å². The SMILES string of the molecule is CCC(Nc1nn2cc(-c3ccc(Cl)cc3)nc2s1)c1cccc(S(N)(=O)=O)c1.